The number of carbonyl (C=O) groups excluding carboxylic acids is 1. The minimum atomic E-state index is -0.457. The summed E-state index contributed by atoms with van der Waals surface area (Å²) in [6.45, 7) is 1.90. The van der Waals surface area contributed by atoms with Gasteiger partial charge < -0.3 is 5.32 Å². The number of hydrogen-bond acceptors (Lipinski definition) is 2. The molecule has 2 fully saturated rings. The SMILES string of the molecule is Cc1cc(Br)c(=O)n2c1C(=O)NC21CCC12CCCC2. The summed E-state index contributed by atoms with van der Waals surface area (Å²) in [4.78, 5) is 25.0. The quantitative estimate of drug-likeness (QED) is 0.791. The van der Waals surface area contributed by atoms with E-state index in [4.69, 9.17) is 0 Å². The van der Waals surface area contributed by atoms with Gasteiger partial charge in [-0.05, 0) is 60.2 Å². The summed E-state index contributed by atoms with van der Waals surface area (Å²) in [7, 11) is 0. The van der Waals surface area contributed by atoms with Gasteiger partial charge in [-0.15, -0.1) is 0 Å². The Bertz CT molecular complexity index is 688. The van der Waals surface area contributed by atoms with Gasteiger partial charge in [0, 0.05) is 5.41 Å². The molecule has 2 heterocycles. The maximum atomic E-state index is 12.6. The van der Waals surface area contributed by atoms with Crippen molar-refractivity contribution in [2.45, 2.75) is 51.1 Å². The summed E-state index contributed by atoms with van der Waals surface area (Å²) in [6, 6.07) is 1.76. The van der Waals surface area contributed by atoms with Crippen LogP contribution in [0.25, 0.3) is 0 Å². The Labute approximate surface area is 125 Å². The van der Waals surface area contributed by atoms with E-state index in [1.807, 2.05) is 6.92 Å². The van der Waals surface area contributed by atoms with E-state index in [9.17, 15) is 9.59 Å². The number of hydrogen-bond donors (Lipinski definition) is 1. The fraction of sp³-hybridized carbons (Fsp3) is 0.600. The van der Waals surface area contributed by atoms with Crippen LogP contribution in [0.1, 0.15) is 54.6 Å². The fourth-order valence-corrected chi connectivity index (χ4v) is 5.15. The molecule has 4 rings (SSSR count). The van der Waals surface area contributed by atoms with Crippen LogP contribution in [0.2, 0.25) is 0 Å². The summed E-state index contributed by atoms with van der Waals surface area (Å²) in [5.74, 6) is -0.0851. The molecule has 0 radical (unpaired) electrons. The lowest BCUT2D eigenvalue weighted by Gasteiger charge is -2.56. The summed E-state index contributed by atoms with van der Waals surface area (Å²) < 4.78 is 2.32. The average molecular weight is 337 g/mol. The minimum absolute atomic E-state index is 0.0741. The highest BCUT2D eigenvalue weighted by Crippen LogP contribution is 2.63. The molecule has 1 aromatic heterocycles. The van der Waals surface area contributed by atoms with Crippen LogP contribution < -0.4 is 10.9 Å². The predicted molar refractivity (Wildman–Crippen MR) is 78.7 cm³/mol. The summed E-state index contributed by atoms with van der Waals surface area (Å²) >= 11 is 3.35. The highest BCUT2D eigenvalue weighted by Gasteiger charge is 2.65. The van der Waals surface area contributed by atoms with E-state index in [2.05, 4.69) is 21.2 Å². The number of nitrogens with one attached hydrogen (secondary N) is 1. The molecule has 2 aliphatic carbocycles. The van der Waals surface area contributed by atoms with Gasteiger partial charge in [0.15, 0.2) is 0 Å². The van der Waals surface area contributed by atoms with Crippen molar-refractivity contribution < 1.29 is 4.79 Å². The highest BCUT2D eigenvalue weighted by atomic mass is 79.9. The average Bonchev–Trinajstić information content (AvgIpc) is 3.00. The van der Waals surface area contributed by atoms with Crippen LogP contribution >= 0.6 is 15.9 Å². The van der Waals surface area contributed by atoms with Crippen molar-refractivity contribution in [3.8, 4) is 0 Å². The molecule has 1 atom stereocenters. The molecule has 20 heavy (non-hydrogen) atoms. The van der Waals surface area contributed by atoms with Gasteiger partial charge >= 0.3 is 0 Å². The van der Waals surface area contributed by atoms with Gasteiger partial charge in [0.25, 0.3) is 11.5 Å². The van der Waals surface area contributed by atoms with Crippen molar-refractivity contribution in [1.82, 2.24) is 9.88 Å². The number of carbonyl (C=O) groups is 1. The molecule has 1 N–H and O–H groups in total. The number of amides is 1. The smallest absolute Gasteiger partial charge is 0.270 e. The Balaban J connectivity index is 2.01. The largest absolute Gasteiger partial charge is 0.327 e. The zero-order valence-corrected chi connectivity index (χ0v) is 13.0. The number of aromatic nitrogens is 1. The van der Waals surface area contributed by atoms with Crippen molar-refractivity contribution >= 4 is 21.8 Å². The summed E-state index contributed by atoms with van der Waals surface area (Å²) in [6.07, 6.45) is 6.63. The van der Waals surface area contributed by atoms with Gasteiger partial charge in [-0.2, -0.15) is 0 Å². The van der Waals surface area contributed by atoms with Gasteiger partial charge in [0.2, 0.25) is 0 Å². The van der Waals surface area contributed by atoms with Gasteiger partial charge in [-0.1, -0.05) is 12.8 Å². The summed E-state index contributed by atoms with van der Waals surface area (Å²) in [5.41, 5.74) is 0.997. The first-order valence-electron chi connectivity index (χ1n) is 7.26. The molecule has 3 aliphatic rings. The number of rotatable bonds is 0. The number of aryl methyl sites for hydroxylation is 1. The normalized spacial score (nSPS) is 29.6. The van der Waals surface area contributed by atoms with Crippen molar-refractivity contribution in [2.75, 3.05) is 0 Å². The van der Waals surface area contributed by atoms with Gasteiger partial charge in [-0.25, -0.2) is 0 Å². The van der Waals surface area contributed by atoms with Gasteiger partial charge in [0.1, 0.15) is 11.4 Å². The van der Waals surface area contributed by atoms with E-state index < -0.39 is 5.66 Å². The molecule has 1 aliphatic heterocycles. The van der Waals surface area contributed by atoms with E-state index in [-0.39, 0.29) is 16.9 Å². The molecule has 0 bridgehead atoms. The Morgan fingerprint density at radius 2 is 1.90 bits per heavy atom. The molecule has 5 heteroatoms. The standard InChI is InChI=1S/C15H17BrN2O2/c1-9-8-10(16)13(20)18-11(9)12(19)17-15(18)7-6-14(15)4-2-3-5-14/h8H,2-7H2,1H3,(H,17,19). The van der Waals surface area contributed by atoms with Crippen LogP contribution in [0.3, 0.4) is 0 Å². The first kappa shape index (κ1) is 12.6. The molecular weight excluding hydrogens is 320 g/mol. The van der Waals surface area contributed by atoms with Crippen molar-refractivity contribution in [3.63, 3.8) is 0 Å². The Hall–Kier alpha value is -1.10. The number of nitrogens with zero attached hydrogens (tertiary/aromatic N) is 1. The molecule has 2 spiro atoms. The first-order valence-corrected chi connectivity index (χ1v) is 8.05. The monoisotopic (exact) mass is 336 g/mol. The second kappa shape index (κ2) is 3.75. The van der Waals surface area contributed by atoms with Crippen LogP contribution in [0.4, 0.5) is 0 Å². The molecular formula is C15H17BrN2O2. The van der Waals surface area contributed by atoms with E-state index in [0.717, 1.165) is 31.2 Å². The Morgan fingerprint density at radius 1 is 1.20 bits per heavy atom. The molecule has 1 aromatic rings. The van der Waals surface area contributed by atoms with E-state index in [1.165, 1.54) is 12.8 Å². The molecule has 106 valence electrons. The first-order chi connectivity index (χ1) is 9.51. The van der Waals surface area contributed by atoms with Crippen molar-refractivity contribution in [2.24, 2.45) is 5.41 Å². The van der Waals surface area contributed by atoms with E-state index >= 15 is 0 Å². The maximum Gasteiger partial charge on any atom is 0.270 e. The molecule has 4 nitrogen and oxygen atoms in total. The fourth-order valence-electron chi connectivity index (χ4n) is 4.63. The number of halogens is 1. The molecule has 0 saturated heterocycles. The Kier molecular flexibility index (Phi) is 2.37. The van der Waals surface area contributed by atoms with Crippen molar-refractivity contribution in [3.05, 3.63) is 32.2 Å². The third-order valence-corrected chi connectivity index (χ3v) is 6.24. The highest BCUT2D eigenvalue weighted by molar-refractivity contribution is 9.10. The third-order valence-electron chi connectivity index (χ3n) is 5.67. The van der Waals surface area contributed by atoms with Gasteiger partial charge in [-0.3, -0.25) is 14.2 Å². The lowest BCUT2D eigenvalue weighted by molar-refractivity contribution is -0.0744. The van der Waals surface area contributed by atoms with Crippen LogP contribution in [0.15, 0.2) is 15.3 Å². The summed E-state index contributed by atoms with van der Waals surface area (Å²) in [5, 5.41) is 3.18. The Morgan fingerprint density at radius 3 is 2.50 bits per heavy atom. The van der Waals surface area contributed by atoms with Crippen molar-refractivity contribution in [1.29, 1.82) is 0 Å². The van der Waals surface area contributed by atoms with E-state index in [0.29, 0.717) is 10.2 Å². The molecule has 2 saturated carbocycles. The predicted octanol–water partition coefficient (Wildman–Crippen LogP) is 2.67. The zero-order valence-electron chi connectivity index (χ0n) is 11.5. The van der Waals surface area contributed by atoms with Crippen LogP contribution in [0.5, 0.6) is 0 Å². The second-order valence-corrected chi connectivity index (χ2v) is 7.32. The van der Waals surface area contributed by atoms with Crippen LogP contribution in [-0.2, 0) is 5.66 Å². The lowest BCUT2D eigenvalue weighted by atomic mass is 9.58. The second-order valence-electron chi connectivity index (χ2n) is 6.47. The lowest BCUT2D eigenvalue weighted by Crippen LogP contribution is -2.65. The number of fused-ring (bicyclic) bond motifs is 3. The zero-order chi connectivity index (χ0) is 14.1. The number of pyridine rings is 1. The topological polar surface area (TPSA) is 51.1 Å². The molecule has 1 amide bonds. The minimum Gasteiger partial charge on any atom is -0.327 e. The molecule has 1 unspecified atom stereocenters. The molecule has 0 aromatic carbocycles. The van der Waals surface area contributed by atoms with E-state index in [1.54, 1.807) is 10.6 Å². The third kappa shape index (κ3) is 1.23. The van der Waals surface area contributed by atoms with Crippen LogP contribution in [0, 0.1) is 12.3 Å². The van der Waals surface area contributed by atoms with Gasteiger partial charge in [0.05, 0.1) is 4.47 Å². The van der Waals surface area contributed by atoms with Crippen LogP contribution in [-0.4, -0.2) is 10.5 Å². The maximum absolute atomic E-state index is 12.6.